The van der Waals surface area contributed by atoms with Gasteiger partial charge in [-0.1, -0.05) is 18.7 Å². The SMILES string of the molecule is C=C1C2C3C=CC(O3)C2C(=O)N1C(CO)CO. The second-order valence-electron chi connectivity index (χ2n) is 4.72. The lowest BCUT2D eigenvalue weighted by Gasteiger charge is -2.27. The van der Waals surface area contributed by atoms with E-state index >= 15 is 0 Å². The molecule has 2 saturated heterocycles. The molecule has 0 spiro atoms. The number of carbonyl (C=O) groups is 1. The van der Waals surface area contributed by atoms with E-state index in [4.69, 9.17) is 4.74 Å². The van der Waals surface area contributed by atoms with Gasteiger partial charge < -0.3 is 19.8 Å². The summed E-state index contributed by atoms with van der Waals surface area (Å²) < 4.78 is 5.63. The number of hydrogen-bond acceptors (Lipinski definition) is 4. The number of fused-ring (bicyclic) bond motifs is 5. The lowest BCUT2D eigenvalue weighted by molar-refractivity contribution is -0.135. The number of ether oxygens (including phenoxy) is 1. The summed E-state index contributed by atoms with van der Waals surface area (Å²) in [5.41, 5.74) is 0.657. The predicted octanol–water partition coefficient (Wildman–Crippen LogP) is -0.735. The molecule has 2 N–H and O–H groups in total. The van der Waals surface area contributed by atoms with Gasteiger partial charge in [0.05, 0.1) is 37.4 Å². The summed E-state index contributed by atoms with van der Waals surface area (Å²) in [6, 6.07) is -0.583. The molecule has 2 bridgehead atoms. The van der Waals surface area contributed by atoms with Crippen molar-refractivity contribution < 1.29 is 19.7 Å². The lowest BCUT2D eigenvalue weighted by atomic mass is 9.84. The molecule has 1 amide bonds. The number of likely N-dealkylation sites (tertiary alicyclic amines) is 1. The van der Waals surface area contributed by atoms with Crippen molar-refractivity contribution >= 4 is 5.91 Å². The van der Waals surface area contributed by atoms with E-state index in [2.05, 4.69) is 6.58 Å². The van der Waals surface area contributed by atoms with Gasteiger partial charge in [-0.25, -0.2) is 0 Å². The molecule has 4 unspecified atom stereocenters. The Bertz CT molecular complexity index is 371. The number of aliphatic hydroxyl groups is 2. The van der Waals surface area contributed by atoms with Crippen molar-refractivity contribution in [3.63, 3.8) is 0 Å². The summed E-state index contributed by atoms with van der Waals surface area (Å²) in [4.78, 5) is 13.7. The highest BCUT2D eigenvalue weighted by Gasteiger charge is 2.58. The minimum atomic E-state index is -0.583. The van der Waals surface area contributed by atoms with Crippen LogP contribution in [0, 0.1) is 11.8 Å². The number of rotatable bonds is 3. The number of hydrogen-bond donors (Lipinski definition) is 2. The number of amides is 1. The third kappa shape index (κ3) is 1.27. The number of nitrogens with zero attached hydrogens (tertiary/aromatic N) is 1. The van der Waals surface area contributed by atoms with Crippen LogP contribution in [0.15, 0.2) is 24.4 Å². The average molecular weight is 237 g/mol. The van der Waals surface area contributed by atoms with Gasteiger partial charge >= 0.3 is 0 Å². The molecule has 0 saturated carbocycles. The van der Waals surface area contributed by atoms with Crippen LogP contribution in [0.3, 0.4) is 0 Å². The maximum absolute atomic E-state index is 12.3. The number of aliphatic hydroxyl groups excluding tert-OH is 2. The molecule has 5 heteroatoms. The topological polar surface area (TPSA) is 70.0 Å². The minimum Gasteiger partial charge on any atom is -0.394 e. The van der Waals surface area contributed by atoms with Crippen LogP contribution in [0.2, 0.25) is 0 Å². The highest BCUT2D eigenvalue weighted by atomic mass is 16.5. The van der Waals surface area contributed by atoms with Crippen LogP contribution in [0.1, 0.15) is 0 Å². The van der Waals surface area contributed by atoms with E-state index < -0.39 is 6.04 Å². The quantitative estimate of drug-likeness (QED) is 0.635. The fraction of sp³-hybridized carbons (Fsp3) is 0.583. The first-order valence-electron chi connectivity index (χ1n) is 5.76. The molecule has 0 aromatic rings. The molecule has 3 aliphatic heterocycles. The molecule has 4 atom stereocenters. The zero-order valence-corrected chi connectivity index (χ0v) is 9.32. The molecule has 17 heavy (non-hydrogen) atoms. The van der Waals surface area contributed by atoms with Crippen molar-refractivity contribution in [3.8, 4) is 0 Å². The summed E-state index contributed by atoms with van der Waals surface area (Å²) in [5, 5.41) is 18.4. The number of carbonyl (C=O) groups excluding carboxylic acids is 1. The van der Waals surface area contributed by atoms with E-state index in [0.29, 0.717) is 5.70 Å². The van der Waals surface area contributed by atoms with E-state index in [0.717, 1.165) is 0 Å². The Labute approximate surface area is 99.0 Å². The fourth-order valence-electron chi connectivity index (χ4n) is 3.10. The van der Waals surface area contributed by atoms with Crippen LogP contribution in [-0.4, -0.2) is 52.5 Å². The summed E-state index contributed by atoms with van der Waals surface area (Å²) in [6.07, 6.45) is 3.62. The normalized spacial score (nSPS) is 38.6. The molecule has 92 valence electrons. The Balaban J connectivity index is 1.92. The van der Waals surface area contributed by atoms with Gasteiger partial charge in [0, 0.05) is 11.6 Å². The largest absolute Gasteiger partial charge is 0.394 e. The predicted molar refractivity (Wildman–Crippen MR) is 58.7 cm³/mol. The van der Waals surface area contributed by atoms with Gasteiger partial charge in [0.1, 0.15) is 0 Å². The minimum absolute atomic E-state index is 0.0295. The molecule has 0 aliphatic carbocycles. The first-order valence-corrected chi connectivity index (χ1v) is 5.76. The van der Waals surface area contributed by atoms with Crippen molar-refractivity contribution in [2.45, 2.75) is 18.2 Å². The Morgan fingerprint density at radius 3 is 2.41 bits per heavy atom. The van der Waals surface area contributed by atoms with Crippen molar-refractivity contribution in [3.05, 3.63) is 24.4 Å². The molecule has 5 nitrogen and oxygen atoms in total. The summed E-state index contributed by atoms with van der Waals surface area (Å²) in [5.74, 6) is -0.346. The maximum atomic E-state index is 12.3. The molecule has 2 fully saturated rings. The average Bonchev–Trinajstić information content (AvgIpc) is 2.98. The van der Waals surface area contributed by atoms with Crippen LogP contribution < -0.4 is 0 Å². The van der Waals surface area contributed by atoms with Crippen LogP contribution in [0.4, 0.5) is 0 Å². The van der Waals surface area contributed by atoms with Gasteiger partial charge in [-0.05, 0) is 0 Å². The third-order valence-electron chi connectivity index (χ3n) is 3.90. The molecule has 0 radical (unpaired) electrons. The van der Waals surface area contributed by atoms with Crippen LogP contribution in [-0.2, 0) is 9.53 Å². The van der Waals surface area contributed by atoms with Crippen LogP contribution in [0.25, 0.3) is 0 Å². The molecule has 3 aliphatic rings. The standard InChI is InChI=1S/C12H15NO4/c1-6-10-8-2-3-9(17-8)11(10)12(16)13(6)7(4-14)5-15/h2-3,7-11,14-15H,1,4-5H2. The van der Waals surface area contributed by atoms with Gasteiger partial charge in [-0.15, -0.1) is 0 Å². The Hall–Kier alpha value is -1.17. The first kappa shape index (κ1) is 11.0. The van der Waals surface area contributed by atoms with Crippen molar-refractivity contribution in [1.29, 1.82) is 0 Å². The molecule has 0 aromatic heterocycles. The van der Waals surface area contributed by atoms with Gasteiger partial charge in [0.15, 0.2) is 0 Å². The third-order valence-corrected chi connectivity index (χ3v) is 3.90. The molecular formula is C12H15NO4. The zero-order chi connectivity index (χ0) is 12.2. The summed E-state index contributed by atoms with van der Waals surface area (Å²) in [6.45, 7) is 3.41. The summed E-state index contributed by atoms with van der Waals surface area (Å²) >= 11 is 0. The molecular weight excluding hydrogens is 222 g/mol. The highest BCUT2D eigenvalue weighted by molar-refractivity contribution is 5.87. The van der Waals surface area contributed by atoms with E-state index in [1.54, 1.807) is 0 Å². The monoisotopic (exact) mass is 237 g/mol. The van der Waals surface area contributed by atoms with Crippen LogP contribution in [0.5, 0.6) is 0 Å². The second kappa shape index (κ2) is 3.66. The smallest absolute Gasteiger partial charge is 0.234 e. The molecule has 3 rings (SSSR count). The van der Waals surface area contributed by atoms with E-state index in [-0.39, 0.29) is 43.2 Å². The fourth-order valence-corrected chi connectivity index (χ4v) is 3.10. The Morgan fingerprint density at radius 1 is 1.29 bits per heavy atom. The van der Waals surface area contributed by atoms with Crippen molar-refractivity contribution in [2.75, 3.05) is 13.2 Å². The van der Waals surface area contributed by atoms with Crippen molar-refractivity contribution in [1.82, 2.24) is 4.90 Å². The Kier molecular flexibility index (Phi) is 2.36. The van der Waals surface area contributed by atoms with E-state index in [1.807, 2.05) is 12.2 Å². The van der Waals surface area contributed by atoms with Gasteiger partial charge in [0.2, 0.25) is 5.91 Å². The maximum Gasteiger partial charge on any atom is 0.234 e. The van der Waals surface area contributed by atoms with E-state index in [9.17, 15) is 15.0 Å². The zero-order valence-electron chi connectivity index (χ0n) is 9.32. The second-order valence-corrected chi connectivity index (χ2v) is 4.72. The molecule has 3 heterocycles. The molecule has 0 aromatic carbocycles. The van der Waals surface area contributed by atoms with Crippen molar-refractivity contribution in [2.24, 2.45) is 11.8 Å². The summed E-state index contributed by atoms with van der Waals surface area (Å²) in [7, 11) is 0. The lowest BCUT2D eigenvalue weighted by Crippen LogP contribution is -2.42. The highest BCUT2D eigenvalue weighted by Crippen LogP contribution is 2.49. The van der Waals surface area contributed by atoms with E-state index in [1.165, 1.54) is 4.90 Å². The first-order chi connectivity index (χ1) is 8.19. The Morgan fingerprint density at radius 2 is 1.88 bits per heavy atom. The van der Waals surface area contributed by atoms with Crippen LogP contribution >= 0.6 is 0 Å². The van der Waals surface area contributed by atoms with Gasteiger partial charge in [0.25, 0.3) is 0 Å². The van der Waals surface area contributed by atoms with Gasteiger partial charge in [-0.2, -0.15) is 0 Å². The van der Waals surface area contributed by atoms with Gasteiger partial charge in [-0.3, -0.25) is 4.79 Å².